The van der Waals surface area contributed by atoms with Crippen molar-refractivity contribution in [1.82, 2.24) is 5.23 Å². The summed E-state index contributed by atoms with van der Waals surface area (Å²) < 4.78 is 0. The molecule has 0 aromatic carbocycles. The largest absolute Gasteiger partial charge is 0.361 e. The highest BCUT2D eigenvalue weighted by molar-refractivity contribution is 6.04. The van der Waals surface area contributed by atoms with Gasteiger partial charge in [0, 0.05) is 0 Å². The molecule has 0 aromatic rings. The van der Waals surface area contributed by atoms with E-state index in [1.54, 1.807) is 0 Å². The van der Waals surface area contributed by atoms with Crippen LogP contribution in [0.5, 0.6) is 0 Å². The molecule has 15 heavy (non-hydrogen) atoms. The molecule has 1 fully saturated rings. The molecule has 1 N–H and O–H groups in total. The summed E-state index contributed by atoms with van der Waals surface area (Å²) in [4.78, 5) is 4.37. The normalized spacial score (nSPS) is 34.5. The molecule has 2 atom stereocenters. The molecule has 0 bridgehead atoms. The zero-order valence-corrected chi connectivity index (χ0v) is 10.6. The molecule has 1 rings (SSSR count). The third kappa shape index (κ3) is 3.51. The highest BCUT2D eigenvalue weighted by Crippen LogP contribution is 2.46. The van der Waals surface area contributed by atoms with Crippen LogP contribution in [0.3, 0.4) is 0 Å². The zero-order chi connectivity index (χ0) is 11.5. The lowest BCUT2D eigenvalue weighted by Gasteiger charge is -2.45. The number of hydrogen-bond donors (Lipinski definition) is 1. The van der Waals surface area contributed by atoms with Crippen molar-refractivity contribution in [3.05, 3.63) is 6.58 Å². The van der Waals surface area contributed by atoms with Crippen LogP contribution < -0.4 is 5.23 Å². The SMILES string of the molecule is BNCC1(C)CC(N=C=C)CC(C)(C)C1. The van der Waals surface area contributed by atoms with Crippen LogP contribution in [0, 0.1) is 10.8 Å². The Hall–Kier alpha value is -0.525. The van der Waals surface area contributed by atoms with E-state index in [2.05, 4.69) is 43.4 Å². The van der Waals surface area contributed by atoms with Gasteiger partial charge < -0.3 is 5.23 Å². The smallest absolute Gasteiger partial charge is 0.181 e. The Morgan fingerprint density at radius 2 is 2.13 bits per heavy atom. The highest BCUT2D eigenvalue weighted by Gasteiger charge is 2.40. The second kappa shape index (κ2) is 4.55. The fourth-order valence-corrected chi connectivity index (χ4v) is 3.36. The second-order valence-electron chi connectivity index (χ2n) is 6.03. The maximum Gasteiger partial charge on any atom is 0.181 e. The predicted molar refractivity (Wildman–Crippen MR) is 69.1 cm³/mol. The molecule has 1 aliphatic rings. The van der Waals surface area contributed by atoms with Crippen molar-refractivity contribution < 1.29 is 0 Å². The van der Waals surface area contributed by atoms with E-state index in [1.165, 1.54) is 6.42 Å². The second-order valence-corrected chi connectivity index (χ2v) is 6.03. The Kier molecular flexibility index (Phi) is 3.80. The van der Waals surface area contributed by atoms with Crippen molar-refractivity contribution in [2.45, 2.75) is 46.1 Å². The lowest BCUT2D eigenvalue weighted by atomic mass is 9.62. The highest BCUT2D eigenvalue weighted by atomic mass is 14.8. The third-order valence-electron chi connectivity index (χ3n) is 3.30. The van der Waals surface area contributed by atoms with E-state index in [0.717, 1.165) is 19.4 Å². The lowest BCUT2D eigenvalue weighted by molar-refractivity contribution is 0.0884. The molecular weight excluding hydrogens is 183 g/mol. The van der Waals surface area contributed by atoms with Gasteiger partial charge in [-0.3, -0.25) is 0 Å². The Morgan fingerprint density at radius 3 is 2.67 bits per heavy atom. The number of hydrogen-bond acceptors (Lipinski definition) is 2. The molecule has 0 radical (unpaired) electrons. The standard InChI is InChI=1S/C12H23BN2/c1-5-14-10-6-11(2,3)8-12(4,7-10)9-15-13/h10,15H,1,6-9,13H2,2-4H3. The average molecular weight is 206 g/mol. The van der Waals surface area contributed by atoms with Crippen LogP contribution in [0.4, 0.5) is 0 Å². The van der Waals surface area contributed by atoms with Gasteiger partial charge in [0.05, 0.1) is 6.04 Å². The predicted octanol–water partition coefficient (Wildman–Crippen LogP) is 1.56. The quantitative estimate of drug-likeness (QED) is 0.550. The van der Waals surface area contributed by atoms with Gasteiger partial charge in [-0.15, -0.1) is 0 Å². The van der Waals surface area contributed by atoms with Crippen LogP contribution in [0.25, 0.3) is 0 Å². The number of nitrogens with one attached hydrogen (secondary N) is 1. The monoisotopic (exact) mass is 206 g/mol. The number of nitrogens with zero attached hydrogens (tertiary/aromatic N) is 1. The molecule has 0 spiro atoms. The van der Waals surface area contributed by atoms with Crippen molar-refractivity contribution in [3.63, 3.8) is 0 Å². The molecule has 3 heteroatoms. The van der Waals surface area contributed by atoms with Crippen molar-refractivity contribution in [2.75, 3.05) is 6.54 Å². The summed E-state index contributed by atoms with van der Waals surface area (Å²) in [5.41, 5.74) is 0.746. The van der Waals surface area contributed by atoms with Crippen molar-refractivity contribution in [1.29, 1.82) is 0 Å². The van der Waals surface area contributed by atoms with Gasteiger partial charge in [-0.25, -0.2) is 4.99 Å². The molecule has 2 nitrogen and oxygen atoms in total. The Bertz CT molecular complexity index is 269. The van der Waals surface area contributed by atoms with E-state index in [0.29, 0.717) is 16.9 Å². The van der Waals surface area contributed by atoms with Gasteiger partial charge in [0.25, 0.3) is 0 Å². The lowest BCUT2D eigenvalue weighted by Crippen LogP contribution is -2.42. The molecule has 1 saturated carbocycles. The fourth-order valence-electron chi connectivity index (χ4n) is 3.36. The number of aliphatic imine (C=N–C) groups is 1. The van der Waals surface area contributed by atoms with Gasteiger partial charge in [0.15, 0.2) is 7.98 Å². The minimum Gasteiger partial charge on any atom is -0.361 e. The molecular formula is C12H23BN2. The Morgan fingerprint density at radius 1 is 1.47 bits per heavy atom. The maximum atomic E-state index is 4.37. The topological polar surface area (TPSA) is 24.4 Å². The molecule has 0 saturated heterocycles. The van der Waals surface area contributed by atoms with Crippen molar-refractivity contribution in [2.24, 2.45) is 15.8 Å². The maximum absolute atomic E-state index is 4.37. The first kappa shape index (κ1) is 12.5. The summed E-state index contributed by atoms with van der Waals surface area (Å²) in [5.74, 6) is 2.71. The van der Waals surface area contributed by atoms with Crippen LogP contribution in [0.1, 0.15) is 40.0 Å². The van der Waals surface area contributed by atoms with E-state index < -0.39 is 0 Å². The van der Waals surface area contributed by atoms with Gasteiger partial charge in [-0.05, 0) is 49.1 Å². The minimum absolute atomic E-state index is 0.363. The number of rotatable bonds is 3. The van der Waals surface area contributed by atoms with Crippen LogP contribution in [0.2, 0.25) is 0 Å². The molecule has 1 aliphatic carbocycles. The van der Waals surface area contributed by atoms with Gasteiger partial charge >= 0.3 is 0 Å². The Balaban J connectivity index is 2.79. The molecule has 0 aliphatic heterocycles. The van der Waals surface area contributed by atoms with E-state index >= 15 is 0 Å². The molecule has 2 unspecified atom stereocenters. The van der Waals surface area contributed by atoms with E-state index in [4.69, 9.17) is 0 Å². The zero-order valence-electron chi connectivity index (χ0n) is 10.6. The molecule has 0 heterocycles. The first-order valence-corrected chi connectivity index (χ1v) is 5.77. The van der Waals surface area contributed by atoms with E-state index in [-0.39, 0.29) is 0 Å². The first-order valence-electron chi connectivity index (χ1n) is 5.77. The molecule has 0 amide bonds. The summed E-state index contributed by atoms with van der Waals surface area (Å²) >= 11 is 0. The van der Waals surface area contributed by atoms with Crippen molar-refractivity contribution in [3.8, 4) is 0 Å². The van der Waals surface area contributed by atoms with Gasteiger partial charge in [-0.2, -0.15) is 0 Å². The minimum atomic E-state index is 0.363. The summed E-state index contributed by atoms with van der Waals surface area (Å²) in [7, 11) is 2.03. The van der Waals surface area contributed by atoms with E-state index in [1.807, 2.05) is 7.98 Å². The summed E-state index contributed by atoms with van der Waals surface area (Å²) in [6.07, 6.45) is 3.58. The van der Waals surface area contributed by atoms with Gasteiger partial charge in [0.1, 0.15) is 0 Å². The first-order chi connectivity index (χ1) is 6.91. The third-order valence-corrected chi connectivity index (χ3v) is 3.30. The van der Waals surface area contributed by atoms with Crippen LogP contribution >= 0.6 is 0 Å². The van der Waals surface area contributed by atoms with E-state index in [9.17, 15) is 0 Å². The Labute approximate surface area is 94.7 Å². The van der Waals surface area contributed by atoms with Gasteiger partial charge in [-0.1, -0.05) is 20.8 Å². The van der Waals surface area contributed by atoms with Crippen molar-refractivity contribution >= 4 is 13.9 Å². The summed E-state index contributed by atoms with van der Waals surface area (Å²) in [6, 6.07) is 0.407. The van der Waals surface area contributed by atoms with Crippen LogP contribution in [0.15, 0.2) is 11.6 Å². The molecule has 0 aromatic heterocycles. The van der Waals surface area contributed by atoms with Crippen LogP contribution in [-0.4, -0.2) is 26.4 Å². The molecule has 84 valence electrons. The average Bonchev–Trinajstić information content (AvgIpc) is 1.99. The van der Waals surface area contributed by atoms with Crippen LogP contribution in [-0.2, 0) is 0 Å². The summed E-state index contributed by atoms with van der Waals surface area (Å²) in [5, 5.41) is 3.30. The summed E-state index contributed by atoms with van der Waals surface area (Å²) in [6.45, 7) is 11.7. The fraction of sp³-hybridized carbons (Fsp3) is 0.833. The van der Waals surface area contributed by atoms with Gasteiger partial charge in [0.2, 0.25) is 0 Å².